The van der Waals surface area contributed by atoms with Crippen LogP contribution < -0.4 is 9.13 Å². The van der Waals surface area contributed by atoms with Crippen molar-refractivity contribution in [2.45, 2.75) is 19.8 Å². The van der Waals surface area contributed by atoms with E-state index in [1.165, 1.54) is 0 Å². The molecule has 6 nitrogen and oxygen atoms in total. The Hall–Kier alpha value is -1.66. The van der Waals surface area contributed by atoms with E-state index in [4.69, 9.17) is 10.2 Å². The Labute approximate surface area is 99.6 Å². The van der Waals surface area contributed by atoms with E-state index in [1.807, 2.05) is 55.7 Å². The Balaban J connectivity index is 1.98. The normalized spacial score (nSPS) is 10.9. The van der Waals surface area contributed by atoms with E-state index in [0.29, 0.717) is 13.1 Å². The molecule has 2 aromatic rings. The molecular formula is C11H18N4O2+2. The molecule has 0 spiro atoms. The second-order valence-electron chi connectivity index (χ2n) is 3.92. The van der Waals surface area contributed by atoms with E-state index < -0.39 is 0 Å². The molecule has 0 aliphatic heterocycles. The molecule has 0 aromatic carbocycles. The number of rotatable bonds is 6. The van der Waals surface area contributed by atoms with Gasteiger partial charge in [-0.3, -0.25) is 0 Å². The van der Waals surface area contributed by atoms with Gasteiger partial charge in [0.2, 0.25) is 19.3 Å². The Morgan fingerprint density at radius 2 is 1.29 bits per heavy atom. The summed E-state index contributed by atoms with van der Waals surface area (Å²) in [7, 11) is 0. The highest BCUT2D eigenvalue weighted by Crippen LogP contribution is 1.85. The average molecular weight is 238 g/mol. The van der Waals surface area contributed by atoms with E-state index in [1.54, 1.807) is 0 Å². The fourth-order valence-electron chi connectivity index (χ4n) is 1.73. The molecule has 6 heteroatoms. The zero-order valence-corrected chi connectivity index (χ0v) is 9.68. The maximum absolute atomic E-state index is 8.82. The quantitative estimate of drug-likeness (QED) is 0.593. The van der Waals surface area contributed by atoms with Gasteiger partial charge in [0.1, 0.15) is 37.9 Å². The molecule has 2 N–H and O–H groups in total. The van der Waals surface area contributed by atoms with E-state index >= 15 is 0 Å². The monoisotopic (exact) mass is 238 g/mol. The maximum Gasteiger partial charge on any atom is 0.247 e. The molecule has 0 saturated carbocycles. The lowest BCUT2D eigenvalue weighted by atomic mass is 10.7. The van der Waals surface area contributed by atoms with Crippen LogP contribution in [0.1, 0.15) is 0 Å². The zero-order chi connectivity index (χ0) is 12.1. The van der Waals surface area contributed by atoms with Crippen LogP contribution in [0.2, 0.25) is 0 Å². The predicted octanol–water partition coefficient (Wildman–Crippen LogP) is -1.64. The molecule has 2 aromatic heterocycles. The molecule has 0 aliphatic rings. The highest BCUT2D eigenvalue weighted by molar-refractivity contribution is 4.66. The number of hydrogen-bond acceptors (Lipinski definition) is 2. The summed E-state index contributed by atoms with van der Waals surface area (Å²) in [5.74, 6) is 0. The van der Waals surface area contributed by atoms with Crippen LogP contribution in [-0.2, 0) is 19.8 Å². The first-order chi connectivity index (χ1) is 8.31. The summed E-state index contributed by atoms with van der Waals surface area (Å²) in [6.07, 6.45) is 11.7. The topological polar surface area (TPSA) is 58.1 Å². The van der Waals surface area contributed by atoms with Gasteiger partial charge in [-0.2, -0.15) is 9.13 Å². The molecule has 0 unspecified atom stereocenters. The lowest BCUT2D eigenvalue weighted by molar-refractivity contribution is -0.912. The Morgan fingerprint density at radius 3 is 1.71 bits per heavy atom. The third-order valence-corrected chi connectivity index (χ3v) is 2.54. The summed E-state index contributed by atoms with van der Waals surface area (Å²) in [5.41, 5.74) is 0. The van der Waals surface area contributed by atoms with Crippen LogP contribution in [0.4, 0.5) is 0 Å². The molecule has 0 aliphatic carbocycles. The number of hydrogen-bond donors (Lipinski definition) is 2. The smallest absolute Gasteiger partial charge is 0.247 e. The Kier molecular flexibility index (Phi) is 3.89. The minimum atomic E-state index is 0.148. The van der Waals surface area contributed by atoms with E-state index in [9.17, 15) is 0 Å². The third-order valence-electron chi connectivity index (χ3n) is 2.54. The van der Waals surface area contributed by atoms with Gasteiger partial charge in [0.05, 0.1) is 13.2 Å². The Morgan fingerprint density at radius 1 is 0.824 bits per heavy atom. The summed E-state index contributed by atoms with van der Waals surface area (Å²) >= 11 is 0. The van der Waals surface area contributed by atoms with Gasteiger partial charge in [0.15, 0.2) is 0 Å². The van der Waals surface area contributed by atoms with Crippen molar-refractivity contribution in [3.8, 4) is 0 Å². The number of nitrogens with zero attached hydrogens (tertiary/aromatic N) is 4. The van der Waals surface area contributed by atoms with Crippen molar-refractivity contribution in [2.75, 3.05) is 13.2 Å². The van der Waals surface area contributed by atoms with Gasteiger partial charge in [-0.1, -0.05) is 0 Å². The molecule has 2 rings (SSSR count). The van der Waals surface area contributed by atoms with Crippen LogP contribution in [0.15, 0.2) is 37.4 Å². The molecule has 0 radical (unpaired) electrons. The van der Waals surface area contributed by atoms with Crippen LogP contribution in [0.3, 0.4) is 0 Å². The predicted molar refractivity (Wildman–Crippen MR) is 58.8 cm³/mol. The summed E-state index contributed by atoms with van der Waals surface area (Å²) in [6.45, 7) is 2.24. The summed E-state index contributed by atoms with van der Waals surface area (Å²) in [5, 5.41) is 17.6. The highest BCUT2D eigenvalue weighted by atomic mass is 16.3. The van der Waals surface area contributed by atoms with Crippen molar-refractivity contribution in [3.63, 3.8) is 0 Å². The van der Waals surface area contributed by atoms with Crippen molar-refractivity contribution in [2.24, 2.45) is 0 Å². The molecule has 0 bridgehead atoms. The van der Waals surface area contributed by atoms with Crippen LogP contribution >= 0.6 is 0 Å². The third kappa shape index (κ3) is 3.15. The second kappa shape index (κ2) is 5.60. The molecule has 0 fully saturated rings. The zero-order valence-electron chi connectivity index (χ0n) is 9.68. The van der Waals surface area contributed by atoms with Crippen LogP contribution in [0.5, 0.6) is 0 Å². The molecule has 0 saturated heterocycles. The fraction of sp³-hybridized carbons (Fsp3) is 0.455. The number of aliphatic hydroxyl groups excluding tert-OH is 2. The first-order valence-electron chi connectivity index (χ1n) is 5.63. The van der Waals surface area contributed by atoms with Gasteiger partial charge in [-0.25, -0.2) is 9.13 Å². The number of imidazole rings is 2. The molecule has 2 heterocycles. The standard InChI is InChI=1S/C11H18N4O2/c16-7-5-12-1-3-14(9-12)11-15-4-2-13(10-15)6-8-17/h1-4,9-10,16-17H,5-8,11H2/q+2. The van der Waals surface area contributed by atoms with Gasteiger partial charge in [0.25, 0.3) is 0 Å². The second-order valence-corrected chi connectivity index (χ2v) is 3.92. The molecule has 0 amide bonds. The van der Waals surface area contributed by atoms with Crippen molar-refractivity contribution >= 4 is 0 Å². The SMILES string of the molecule is OCCn1cc[n+](C[n+]2ccn(CCO)c2)c1. The van der Waals surface area contributed by atoms with Gasteiger partial charge in [-0.15, -0.1) is 0 Å². The van der Waals surface area contributed by atoms with Gasteiger partial charge >= 0.3 is 0 Å². The molecule has 17 heavy (non-hydrogen) atoms. The number of aliphatic hydroxyl groups is 2. The van der Waals surface area contributed by atoms with Crippen molar-refractivity contribution < 1.29 is 19.3 Å². The van der Waals surface area contributed by atoms with Crippen LogP contribution in [0, 0.1) is 0 Å². The van der Waals surface area contributed by atoms with E-state index in [2.05, 4.69) is 0 Å². The minimum absolute atomic E-state index is 0.148. The van der Waals surface area contributed by atoms with E-state index in [0.717, 1.165) is 6.67 Å². The van der Waals surface area contributed by atoms with Gasteiger partial charge in [0, 0.05) is 0 Å². The van der Waals surface area contributed by atoms with Crippen molar-refractivity contribution in [1.29, 1.82) is 0 Å². The Bertz CT molecular complexity index is 421. The first kappa shape index (κ1) is 11.8. The molecular weight excluding hydrogens is 220 g/mol. The minimum Gasteiger partial charge on any atom is -0.392 e. The van der Waals surface area contributed by atoms with E-state index in [-0.39, 0.29) is 13.2 Å². The lowest BCUT2D eigenvalue weighted by Crippen LogP contribution is -2.49. The first-order valence-corrected chi connectivity index (χ1v) is 5.63. The summed E-state index contributed by atoms with van der Waals surface area (Å²) in [6, 6.07) is 0. The summed E-state index contributed by atoms with van der Waals surface area (Å²) < 4.78 is 7.93. The van der Waals surface area contributed by atoms with Crippen LogP contribution in [0.25, 0.3) is 0 Å². The molecule has 0 atom stereocenters. The average Bonchev–Trinajstić information content (AvgIpc) is 2.91. The van der Waals surface area contributed by atoms with Crippen molar-refractivity contribution in [3.05, 3.63) is 37.4 Å². The highest BCUT2D eigenvalue weighted by Gasteiger charge is 2.08. The maximum atomic E-state index is 8.82. The van der Waals surface area contributed by atoms with Gasteiger partial charge in [-0.05, 0) is 0 Å². The molecule has 92 valence electrons. The largest absolute Gasteiger partial charge is 0.392 e. The summed E-state index contributed by atoms with van der Waals surface area (Å²) in [4.78, 5) is 0. The van der Waals surface area contributed by atoms with Crippen molar-refractivity contribution in [1.82, 2.24) is 9.13 Å². The van der Waals surface area contributed by atoms with Crippen LogP contribution in [-0.4, -0.2) is 32.6 Å². The lowest BCUT2D eigenvalue weighted by Gasteiger charge is -1.92. The van der Waals surface area contributed by atoms with Gasteiger partial charge < -0.3 is 10.2 Å². The fourth-order valence-corrected chi connectivity index (χ4v) is 1.73. The number of aromatic nitrogens is 4.